The van der Waals surface area contributed by atoms with Gasteiger partial charge in [-0.15, -0.1) is 0 Å². The molecule has 1 aliphatic heterocycles. The number of carbonyl (C=O) groups excluding carboxylic acids is 4. The van der Waals surface area contributed by atoms with E-state index in [1.54, 1.807) is 10.8 Å². The van der Waals surface area contributed by atoms with Crippen molar-refractivity contribution in [3.05, 3.63) is 89.9 Å². The van der Waals surface area contributed by atoms with E-state index in [9.17, 15) is 32.3 Å². The first-order valence-corrected chi connectivity index (χ1v) is 15.0. The molecule has 2 N–H and O–H groups in total. The van der Waals surface area contributed by atoms with Crippen molar-refractivity contribution < 1.29 is 32.3 Å². The number of aromatic nitrogens is 2. The summed E-state index contributed by atoms with van der Waals surface area (Å²) in [4.78, 5) is 57.6. The number of Topliss-reactive ketones (excluding diaryl/α,β-unsaturated/α-hetero) is 1. The molecule has 0 fully saturated rings. The zero-order valence-corrected chi connectivity index (χ0v) is 26.1. The molecule has 9 nitrogen and oxygen atoms in total. The molecule has 12 heteroatoms. The van der Waals surface area contributed by atoms with Gasteiger partial charge in [0.25, 0.3) is 11.8 Å². The van der Waals surface area contributed by atoms with Crippen molar-refractivity contribution in [2.45, 2.75) is 58.7 Å². The van der Waals surface area contributed by atoms with E-state index in [-0.39, 0.29) is 37.1 Å². The van der Waals surface area contributed by atoms with E-state index in [1.807, 2.05) is 51.1 Å². The smallest absolute Gasteiger partial charge is 0.254 e. The van der Waals surface area contributed by atoms with E-state index in [0.29, 0.717) is 12.4 Å². The van der Waals surface area contributed by atoms with Gasteiger partial charge in [0, 0.05) is 55.9 Å². The summed E-state index contributed by atoms with van der Waals surface area (Å²) in [5.41, 5.74) is 6.22. The second kappa shape index (κ2) is 14.7. The van der Waals surface area contributed by atoms with Crippen molar-refractivity contribution in [3.63, 3.8) is 0 Å². The third-order valence-corrected chi connectivity index (χ3v) is 7.70. The van der Waals surface area contributed by atoms with Gasteiger partial charge in [-0.1, -0.05) is 51.1 Å². The zero-order chi connectivity index (χ0) is 33.6. The van der Waals surface area contributed by atoms with Gasteiger partial charge >= 0.3 is 0 Å². The predicted octanol–water partition coefficient (Wildman–Crippen LogP) is 4.75. The summed E-state index contributed by atoms with van der Waals surface area (Å²) < 4.78 is 44.4. The first-order valence-electron chi connectivity index (χ1n) is 15.0. The average Bonchev–Trinajstić information content (AvgIpc) is 3.56. The molecule has 2 aromatic carbocycles. The van der Waals surface area contributed by atoms with E-state index in [0.717, 1.165) is 40.8 Å². The molecular formula is C34H38F3N5O4. The Bertz CT molecular complexity index is 1600. The molecule has 1 aromatic heterocycles. The van der Waals surface area contributed by atoms with E-state index in [2.05, 4.69) is 0 Å². The van der Waals surface area contributed by atoms with Crippen LogP contribution in [0.4, 0.5) is 13.2 Å². The van der Waals surface area contributed by atoms with Crippen LogP contribution >= 0.6 is 0 Å². The highest BCUT2D eigenvalue weighted by Crippen LogP contribution is 2.40. The maximum absolute atomic E-state index is 15.0. The number of carbonyl (C=O) groups is 4. The summed E-state index contributed by atoms with van der Waals surface area (Å²) in [6.07, 6.45) is 3.35. The second-order valence-corrected chi connectivity index (χ2v) is 12.4. The fourth-order valence-corrected chi connectivity index (χ4v) is 5.39. The maximum Gasteiger partial charge on any atom is 0.254 e. The Balaban J connectivity index is 1.73. The van der Waals surface area contributed by atoms with Crippen LogP contribution in [0.25, 0.3) is 11.3 Å². The second-order valence-electron chi connectivity index (χ2n) is 12.4. The Kier molecular flexibility index (Phi) is 10.9. The number of amides is 3. The number of benzene rings is 2. The molecule has 3 amide bonds. The Morgan fingerprint density at radius 1 is 1.00 bits per heavy atom. The highest BCUT2D eigenvalue weighted by Gasteiger charge is 2.39. The minimum absolute atomic E-state index is 0.0227. The van der Waals surface area contributed by atoms with Gasteiger partial charge in [-0.2, -0.15) is 0 Å². The highest BCUT2D eigenvalue weighted by atomic mass is 19.1. The number of imide groups is 1. The Hall–Kier alpha value is -4.58. The quantitative estimate of drug-likeness (QED) is 0.255. The number of hydrogen-bond acceptors (Lipinski definition) is 6. The molecular weight excluding hydrogens is 599 g/mol. The average molecular weight is 638 g/mol. The molecule has 0 saturated heterocycles. The van der Waals surface area contributed by atoms with Crippen molar-refractivity contribution in [2.24, 2.45) is 11.1 Å². The van der Waals surface area contributed by atoms with Crippen LogP contribution in [0.2, 0.25) is 0 Å². The van der Waals surface area contributed by atoms with Crippen molar-refractivity contribution in [1.82, 2.24) is 19.4 Å². The fourth-order valence-electron chi connectivity index (χ4n) is 5.39. The van der Waals surface area contributed by atoms with Gasteiger partial charge in [0.1, 0.15) is 24.1 Å². The third kappa shape index (κ3) is 8.36. The number of alkyl halides is 1. The summed E-state index contributed by atoms with van der Waals surface area (Å²) in [5.74, 6) is -3.08. The summed E-state index contributed by atoms with van der Waals surface area (Å²) in [5, 5.41) is 0. The Labute approximate surface area is 265 Å². The molecule has 46 heavy (non-hydrogen) atoms. The largest absolute Gasteiger partial charge is 0.332 e. The van der Waals surface area contributed by atoms with Crippen molar-refractivity contribution in [2.75, 3.05) is 19.8 Å². The van der Waals surface area contributed by atoms with Gasteiger partial charge in [0.05, 0.1) is 18.3 Å². The van der Waals surface area contributed by atoms with E-state index in [1.165, 1.54) is 4.90 Å². The number of nitrogens with two attached hydrogens (primary N) is 1. The van der Waals surface area contributed by atoms with Gasteiger partial charge in [-0.25, -0.2) is 18.2 Å². The first-order chi connectivity index (χ1) is 21.8. The molecule has 0 saturated carbocycles. The third-order valence-electron chi connectivity index (χ3n) is 7.70. The SMILES string of the molecule is CC(C)(C)[C@H](c1nc(-c2cc(F)ccc2F)cn1Cc1ccccc1)N(CC[C@H](N)CF)C(=O)CCC(=O)CN1C(=O)C=CC1=O. The van der Waals surface area contributed by atoms with Crippen LogP contribution in [0.3, 0.4) is 0 Å². The summed E-state index contributed by atoms with van der Waals surface area (Å²) in [6, 6.07) is 10.9. The van der Waals surface area contributed by atoms with Crippen molar-refractivity contribution >= 4 is 23.5 Å². The fraction of sp³-hybridized carbons (Fsp3) is 0.382. The summed E-state index contributed by atoms with van der Waals surface area (Å²) in [7, 11) is 0. The molecule has 3 aromatic rings. The summed E-state index contributed by atoms with van der Waals surface area (Å²) in [6.45, 7) is 4.72. The standard InChI is InChI=1S/C34H38F3N5O4/c1-34(2,3)32(41(16-15-24(38)18-35)29(44)12-10-25(43)20-42-30(45)13-14-31(42)46)33-39-28(26-17-23(36)9-11-27(26)37)21-40(33)19-22-7-5-4-6-8-22/h4-9,11,13-14,17,21,24,32H,10,12,15-16,18-20,38H2,1-3H3/t24-,32-/m0/s1. The topological polar surface area (TPSA) is 119 Å². The lowest BCUT2D eigenvalue weighted by molar-refractivity contribution is -0.141. The van der Waals surface area contributed by atoms with E-state index >= 15 is 0 Å². The monoisotopic (exact) mass is 637 g/mol. The van der Waals surface area contributed by atoms with Crippen molar-refractivity contribution in [3.8, 4) is 11.3 Å². The van der Waals surface area contributed by atoms with Crippen LogP contribution in [-0.4, -0.2) is 68.7 Å². The minimum atomic E-state index is -0.849. The number of imidazole rings is 1. The minimum Gasteiger partial charge on any atom is -0.332 e. The van der Waals surface area contributed by atoms with Crippen molar-refractivity contribution in [1.29, 1.82) is 0 Å². The molecule has 2 heterocycles. The van der Waals surface area contributed by atoms with Gasteiger partial charge in [0.15, 0.2) is 5.78 Å². The molecule has 0 spiro atoms. The van der Waals surface area contributed by atoms with Crippen LogP contribution in [0.5, 0.6) is 0 Å². The molecule has 1 aliphatic rings. The zero-order valence-electron chi connectivity index (χ0n) is 26.1. The predicted molar refractivity (Wildman–Crippen MR) is 166 cm³/mol. The number of ketones is 1. The Morgan fingerprint density at radius 2 is 1.67 bits per heavy atom. The van der Waals surface area contributed by atoms with Gasteiger partial charge in [0.2, 0.25) is 5.91 Å². The highest BCUT2D eigenvalue weighted by molar-refractivity contribution is 6.14. The van der Waals surface area contributed by atoms with E-state index in [4.69, 9.17) is 10.7 Å². The molecule has 0 bridgehead atoms. The molecule has 0 radical (unpaired) electrons. The van der Waals surface area contributed by atoms with Crippen LogP contribution < -0.4 is 5.73 Å². The normalized spacial score (nSPS) is 14.5. The number of halogens is 3. The van der Waals surface area contributed by atoms with Crippen LogP contribution in [0.1, 0.15) is 57.5 Å². The van der Waals surface area contributed by atoms with Gasteiger partial charge in [-0.05, 0) is 35.6 Å². The van der Waals surface area contributed by atoms with E-state index < -0.39 is 65.9 Å². The molecule has 244 valence electrons. The number of rotatable bonds is 14. The summed E-state index contributed by atoms with van der Waals surface area (Å²) >= 11 is 0. The lowest BCUT2D eigenvalue weighted by atomic mass is 9.84. The molecule has 0 aliphatic carbocycles. The first kappa shape index (κ1) is 34.3. The molecule has 4 rings (SSSR count). The van der Waals surface area contributed by atoms with Crippen LogP contribution in [0, 0.1) is 17.0 Å². The van der Waals surface area contributed by atoms with Crippen LogP contribution in [-0.2, 0) is 25.7 Å². The molecule has 0 unspecified atom stereocenters. The lowest BCUT2D eigenvalue weighted by Gasteiger charge is -2.40. The van der Waals surface area contributed by atoms with Crippen LogP contribution in [0.15, 0.2) is 66.9 Å². The van der Waals surface area contributed by atoms with Gasteiger partial charge < -0.3 is 15.2 Å². The lowest BCUT2D eigenvalue weighted by Crippen LogP contribution is -2.45. The number of hydrogen-bond donors (Lipinski definition) is 1. The van der Waals surface area contributed by atoms with Gasteiger partial charge in [-0.3, -0.25) is 24.1 Å². The Morgan fingerprint density at radius 3 is 2.30 bits per heavy atom. The molecule has 2 atom stereocenters. The maximum atomic E-state index is 15.0. The number of nitrogens with zero attached hydrogens (tertiary/aromatic N) is 4.